The summed E-state index contributed by atoms with van der Waals surface area (Å²) in [6.07, 6.45) is 3.12. The van der Waals surface area contributed by atoms with Crippen LogP contribution in [0.4, 0.5) is 5.69 Å². The summed E-state index contributed by atoms with van der Waals surface area (Å²) in [6.45, 7) is 2.09. The number of hydrogen-bond donors (Lipinski definition) is 4. The fourth-order valence-corrected chi connectivity index (χ4v) is 5.87. The number of anilines is 1. The largest absolute Gasteiger partial charge is 0.390 e. The maximum atomic E-state index is 12.8. The molecule has 5 rings (SSSR count). The fourth-order valence-electron chi connectivity index (χ4n) is 5.75. The van der Waals surface area contributed by atoms with Crippen LogP contribution in [0.1, 0.15) is 25.7 Å². The average molecular weight is 445 g/mol. The number of aliphatic hydroxyl groups is 1. The van der Waals surface area contributed by atoms with Crippen molar-refractivity contribution in [2.45, 2.75) is 56.1 Å². The van der Waals surface area contributed by atoms with Gasteiger partial charge in [-0.25, -0.2) is 10.4 Å². The van der Waals surface area contributed by atoms with Crippen molar-refractivity contribution in [2.24, 2.45) is 11.8 Å². The molecule has 31 heavy (non-hydrogen) atoms. The van der Waals surface area contributed by atoms with E-state index < -0.39 is 0 Å². The zero-order valence-electron chi connectivity index (χ0n) is 17.4. The Labute approximate surface area is 187 Å². The number of fused-ring (bicyclic) bond motifs is 1. The van der Waals surface area contributed by atoms with Crippen LogP contribution in [0.3, 0.4) is 0 Å². The van der Waals surface area contributed by atoms with Gasteiger partial charge in [0.1, 0.15) is 6.17 Å². The van der Waals surface area contributed by atoms with Gasteiger partial charge < -0.3 is 15.7 Å². The lowest BCUT2D eigenvalue weighted by atomic mass is 9.79. The first-order valence-electron chi connectivity index (χ1n) is 11.2. The van der Waals surface area contributed by atoms with Crippen molar-refractivity contribution in [1.82, 2.24) is 20.7 Å². The van der Waals surface area contributed by atoms with Crippen molar-refractivity contribution in [2.75, 3.05) is 25.0 Å². The summed E-state index contributed by atoms with van der Waals surface area (Å²) in [5, 5.41) is 28.9. The predicted molar refractivity (Wildman–Crippen MR) is 117 cm³/mol. The van der Waals surface area contributed by atoms with Crippen LogP contribution in [-0.2, 0) is 4.79 Å². The number of aliphatic hydroxyl groups excluding tert-OH is 1. The van der Waals surface area contributed by atoms with Gasteiger partial charge in [0.15, 0.2) is 0 Å². The second-order valence-electron chi connectivity index (χ2n) is 9.22. The first-order chi connectivity index (χ1) is 15.0. The summed E-state index contributed by atoms with van der Waals surface area (Å²) in [6, 6.07) is 10.5. The van der Waals surface area contributed by atoms with Gasteiger partial charge >= 0.3 is 0 Å². The molecule has 0 bridgehead atoms. The summed E-state index contributed by atoms with van der Waals surface area (Å²) < 4.78 is 0. The first kappa shape index (κ1) is 21.0. The third kappa shape index (κ3) is 4.01. The highest BCUT2D eigenvalue weighted by Crippen LogP contribution is 2.38. The topological polar surface area (TPSA) is 104 Å². The van der Waals surface area contributed by atoms with E-state index >= 15 is 0 Å². The van der Waals surface area contributed by atoms with Gasteiger partial charge in [0.2, 0.25) is 5.91 Å². The monoisotopic (exact) mass is 444 g/mol. The van der Waals surface area contributed by atoms with Gasteiger partial charge in [-0.2, -0.15) is 5.26 Å². The minimum Gasteiger partial charge on any atom is -0.390 e. The molecule has 4 N–H and O–H groups in total. The number of rotatable bonds is 4. The van der Waals surface area contributed by atoms with Crippen LogP contribution in [0.2, 0.25) is 5.02 Å². The quantitative estimate of drug-likeness (QED) is 0.552. The van der Waals surface area contributed by atoms with Crippen molar-refractivity contribution < 1.29 is 9.90 Å². The molecule has 8 nitrogen and oxygen atoms in total. The molecule has 4 aliphatic rings. The van der Waals surface area contributed by atoms with E-state index in [-0.39, 0.29) is 42.1 Å². The van der Waals surface area contributed by atoms with Gasteiger partial charge in [-0.3, -0.25) is 9.69 Å². The highest BCUT2D eigenvalue weighted by atomic mass is 35.5. The Balaban J connectivity index is 1.33. The molecular formula is C22H29ClN6O2. The van der Waals surface area contributed by atoms with Crippen molar-refractivity contribution in [3.63, 3.8) is 0 Å². The number of piperidine rings is 1. The van der Waals surface area contributed by atoms with E-state index in [4.69, 9.17) is 11.6 Å². The number of nitrogens with zero attached hydrogens (tertiary/aromatic N) is 3. The minimum absolute atomic E-state index is 0.0504. The molecule has 1 amide bonds. The van der Waals surface area contributed by atoms with E-state index in [1.165, 1.54) is 0 Å². The number of hydrogen-bond acceptors (Lipinski definition) is 7. The molecule has 1 aliphatic carbocycles. The van der Waals surface area contributed by atoms with E-state index in [2.05, 4.69) is 32.0 Å². The molecule has 4 fully saturated rings. The molecule has 3 unspecified atom stereocenters. The van der Waals surface area contributed by atoms with Gasteiger partial charge in [-0.15, -0.1) is 0 Å². The lowest BCUT2D eigenvalue weighted by Gasteiger charge is -2.48. The maximum Gasteiger partial charge on any atom is 0.228 e. The normalized spacial score (nSPS) is 36.9. The molecular weight excluding hydrogens is 416 g/mol. The van der Waals surface area contributed by atoms with Gasteiger partial charge in [-0.1, -0.05) is 11.6 Å². The van der Waals surface area contributed by atoms with E-state index in [0.717, 1.165) is 31.4 Å². The van der Waals surface area contributed by atoms with Crippen LogP contribution in [0, 0.1) is 23.2 Å². The highest BCUT2D eigenvalue weighted by Gasteiger charge is 2.52. The summed E-state index contributed by atoms with van der Waals surface area (Å²) in [5.74, 6) is -0.287. The molecule has 1 aromatic rings. The van der Waals surface area contributed by atoms with Crippen LogP contribution in [0.15, 0.2) is 24.3 Å². The second kappa shape index (κ2) is 8.57. The lowest BCUT2D eigenvalue weighted by molar-refractivity contribution is -0.128. The van der Waals surface area contributed by atoms with Gasteiger partial charge in [0.05, 0.1) is 24.0 Å². The Morgan fingerprint density at radius 2 is 1.94 bits per heavy atom. The predicted octanol–water partition coefficient (Wildman–Crippen LogP) is 1.14. The number of hydrazine groups is 1. The van der Waals surface area contributed by atoms with Crippen LogP contribution in [-0.4, -0.2) is 71.0 Å². The number of amides is 1. The van der Waals surface area contributed by atoms with E-state index in [0.29, 0.717) is 30.7 Å². The van der Waals surface area contributed by atoms with E-state index in [9.17, 15) is 15.2 Å². The number of halogens is 1. The second-order valence-corrected chi connectivity index (χ2v) is 9.65. The summed E-state index contributed by atoms with van der Waals surface area (Å²) >= 11 is 6.01. The summed E-state index contributed by atoms with van der Waals surface area (Å²) in [4.78, 5) is 15.1. The van der Waals surface area contributed by atoms with Gasteiger partial charge in [-0.05, 0) is 49.9 Å². The van der Waals surface area contributed by atoms with Crippen molar-refractivity contribution >= 4 is 23.2 Å². The number of nitrogens with one attached hydrogen (secondary N) is 3. The maximum absolute atomic E-state index is 12.8. The standard InChI is InChI=1S/C22H29ClN6O2/c23-14-1-3-15(4-2-14)26-21-20-19(7-8-25-22(20)31)29(27-21)18-6-5-16(9-13(18)10-24)28-11-17(30)12-28/h1-4,13,16-21,26-27,30H,5-9,11-12H2,(H,25,31)/t13-,16-,18+,19?,20?,21?/m1/s1. The van der Waals surface area contributed by atoms with Crippen LogP contribution >= 0.6 is 11.6 Å². The minimum atomic E-state index is -0.242. The lowest BCUT2D eigenvalue weighted by Crippen LogP contribution is -2.60. The molecule has 166 valence electrons. The summed E-state index contributed by atoms with van der Waals surface area (Å²) in [7, 11) is 0. The van der Waals surface area contributed by atoms with Crippen molar-refractivity contribution in [3.8, 4) is 6.07 Å². The van der Waals surface area contributed by atoms with E-state index in [1.807, 2.05) is 24.3 Å². The Bertz CT molecular complexity index is 855. The molecule has 0 aromatic heterocycles. The third-order valence-corrected chi connectivity index (χ3v) is 7.60. The Kier molecular flexibility index (Phi) is 5.80. The van der Waals surface area contributed by atoms with Crippen LogP contribution < -0.4 is 16.1 Å². The fraction of sp³-hybridized carbons (Fsp3) is 0.636. The first-order valence-corrected chi connectivity index (χ1v) is 11.6. The molecule has 6 atom stereocenters. The number of carbonyl (C=O) groups is 1. The number of nitriles is 1. The number of β-amino-alcohol motifs (C(OH)–C–C–N with tert-alkyl or cyclic N) is 1. The number of carbonyl (C=O) groups excluding carboxylic acids is 1. The summed E-state index contributed by atoms with van der Waals surface area (Å²) in [5.41, 5.74) is 4.46. The Morgan fingerprint density at radius 1 is 1.16 bits per heavy atom. The molecule has 9 heteroatoms. The SMILES string of the molecule is N#C[C@H]1C[C@H](N2CC(O)C2)CC[C@@H]1N1NC(Nc2ccc(Cl)cc2)C2C(=O)NCCC21. The van der Waals surface area contributed by atoms with Crippen molar-refractivity contribution in [1.29, 1.82) is 5.26 Å². The van der Waals surface area contributed by atoms with Crippen LogP contribution in [0.25, 0.3) is 0 Å². The number of likely N-dealkylation sites (tertiary alicyclic amines) is 1. The Hall–Kier alpha value is -1.89. The number of benzene rings is 1. The zero-order chi connectivity index (χ0) is 21.5. The zero-order valence-corrected chi connectivity index (χ0v) is 18.1. The molecule has 3 saturated heterocycles. The highest BCUT2D eigenvalue weighted by molar-refractivity contribution is 6.30. The Morgan fingerprint density at radius 3 is 2.65 bits per heavy atom. The molecule has 1 saturated carbocycles. The molecule has 3 aliphatic heterocycles. The molecule has 0 spiro atoms. The van der Waals surface area contributed by atoms with Crippen LogP contribution in [0.5, 0.6) is 0 Å². The molecule has 0 radical (unpaired) electrons. The third-order valence-electron chi connectivity index (χ3n) is 7.34. The molecule has 3 heterocycles. The molecule has 1 aromatic carbocycles. The van der Waals surface area contributed by atoms with E-state index in [1.54, 1.807) is 0 Å². The smallest absolute Gasteiger partial charge is 0.228 e. The van der Waals surface area contributed by atoms with Crippen molar-refractivity contribution in [3.05, 3.63) is 29.3 Å². The van der Waals surface area contributed by atoms with Gasteiger partial charge in [0.25, 0.3) is 0 Å². The van der Waals surface area contributed by atoms with Gasteiger partial charge in [0, 0.05) is 48.5 Å². The average Bonchev–Trinajstić information content (AvgIpc) is 3.12.